The van der Waals surface area contributed by atoms with Crippen molar-refractivity contribution in [2.45, 2.75) is 24.3 Å². The number of pyridine rings is 1. The van der Waals surface area contributed by atoms with Crippen molar-refractivity contribution in [1.82, 2.24) is 4.98 Å². The van der Waals surface area contributed by atoms with Crippen LogP contribution in [0, 0.1) is 0 Å². The van der Waals surface area contributed by atoms with Crippen LogP contribution in [0.15, 0.2) is 24.4 Å². The van der Waals surface area contributed by atoms with Gasteiger partial charge in [0.15, 0.2) is 0 Å². The average molecular weight is 197 g/mol. The van der Waals surface area contributed by atoms with E-state index in [-0.39, 0.29) is 11.9 Å². The highest BCUT2D eigenvalue weighted by Crippen LogP contribution is 2.29. The number of thioether (sulfide) groups is 1. The number of nitrogens with zero attached hydrogens (tertiary/aromatic N) is 1. The maximum Gasteiger partial charge on any atom is 0.0703 e. The number of aliphatic hydroxyl groups is 1. The van der Waals surface area contributed by atoms with Crippen LogP contribution in [-0.2, 0) is 0 Å². The Morgan fingerprint density at radius 1 is 1.46 bits per heavy atom. The van der Waals surface area contributed by atoms with Crippen LogP contribution in [0.1, 0.15) is 24.8 Å². The molecule has 0 amide bonds. The Labute approximate surface area is 83.4 Å². The summed E-state index contributed by atoms with van der Waals surface area (Å²) in [5, 5.41) is 9.79. The highest BCUT2D eigenvalue weighted by atomic mass is 32.2. The van der Waals surface area contributed by atoms with Gasteiger partial charge in [-0.2, -0.15) is 0 Å². The molecule has 3 heteroatoms. The molecule has 1 atom stereocenters. The first-order valence-corrected chi connectivity index (χ1v) is 5.35. The minimum atomic E-state index is 0.112. The van der Waals surface area contributed by atoms with Crippen LogP contribution in [-0.4, -0.2) is 21.9 Å². The van der Waals surface area contributed by atoms with Crippen molar-refractivity contribution < 1.29 is 5.11 Å². The van der Waals surface area contributed by atoms with Gasteiger partial charge in [0.25, 0.3) is 0 Å². The van der Waals surface area contributed by atoms with Gasteiger partial charge >= 0.3 is 0 Å². The summed E-state index contributed by atoms with van der Waals surface area (Å²) in [5.74, 6) is 0. The van der Waals surface area contributed by atoms with Gasteiger partial charge in [0.1, 0.15) is 0 Å². The maximum atomic E-state index is 9.17. The lowest BCUT2D eigenvalue weighted by Gasteiger charge is -2.15. The highest BCUT2D eigenvalue weighted by Gasteiger charge is 2.13. The molecule has 72 valence electrons. The Morgan fingerprint density at radius 2 is 2.23 bits per heavy atom. The zero-order chi connectivity index (χ0) is 9.68. The summed E-state index contributed by atoms with van der Waals surface area (Å²) >= 11 is 1.74. The SMILES string of the molecule is CC(C)SC(CO)c1ccccn1. The molecular weight excluding hydrogens is 182 g/mol. The Morgan fingerprint density at radius 3 is 2.69 bits per heavy atom. The third-order valence-electron chi connectivity index (χ3n) is 1.62. The predicted molar refractivity (Wildman–Crippen MR) is 56.8 cm³/mol. The molecule has 0 spiro atoms. The van der Waals surface area contributed by atoms with Crippen molar-refractivity contribution >= 4 is 11.8 Å². The molecule has 0 aromatic carbocycles. The Hall–Kier alpha value is -0.540. The smallest absolute Gasteiger partial charge is 0.0703 e. The second kappa shape index (κ2) is 5.25. The van der Waals surface area contributed by atoms with E-state index in [0.29, 0.717) is 5.25 Å². The Balaban J connectivity index is 2.67. The van der Waals surface area contributed by atoms with Crippen LogP contribution in [0.2, 0.25) is 0 Å². The van der Waals surface area contributed by atoms with Crippen LogP contribution in [0.5, 0.6) is 0 Å². The van der Waals surface area contributed by atoms with E-state index in [4.69, 9.17) is 5.11 Å². The second-order valence-corrected chi connectivity index (χ2v) is 4.89. The molecule has 1 heterocycles. The molecule has 0 radical (unpaired) electrons. The molecule has 1 N–H and O–H groups in total. The van der Waals surface area contributed by atoms with Crippen molar-refractivity contribution in [3.8, 4) is 0 Å². The molecule has 1 aromatic heterocycles. The monoisotopic (exact) mass is 197 g/mol. The number of hydrogen-bond acceptors (Lipinski definition) is 3. The topological polar surface area (TPSA) is 33.1 Å². The lowest BCUT2D eigenvalue weighted by atomic mass is 10.3. The summed E-state index contributed by atoms with van der Waals surface area (Å²) in [5.41, 5.74) is 0.962. The van der Waals surface area contributed by atoms with E-state index < -0.39 is 0 Å². The van der Waals surface area contributed by atoms with Crippen LogP contribution in [0.3, 0.4) is 0 Å². The van der Waals surface area contributed by atoms with E-state index in [1.54, 1.807) is 18.0 Å². The van der Waals surface area contributed by atoms with E-state index >= 15 is 0 Å². The number of rotatable bonds is 4. The number of aliphatic hydroxyl groups excluding tert-OH is 1. The molecule has 2 nitrogen and oxygen atoms in total. The van der Waals surface area contributed by atoms with Gasteiger partial charge in [0.05, 0.1) is 17.6 Å². The average Bonchev–Trinajstić information content (AvgIpc) is 2.15. The van der Waals surface area contributed by atoms with Crippen molar-refractivity contribution in [1.29, 1.82) is 0 Å². The first-order chi connectivity index (χ1) is 6.24. The summed E-state index contributed by atoms with van der Waals surface area (Å²) in [6.07, 6.45) is 1.76. The zero-order valence-corrected chi connectivity index (χ0v) is 8.79. The fourth-order valence-electron chi connectivity index (χ4n) is 1.10. The van der Waals surface area contributed by atoms with Gasteiger partial charge in [-0.3, -0.25) is 4.98 Å². The third-order valence-corrected chi connectivity index (χ3v) is 2.88. The van der Waals surface area contributed by atoms with E-state index in [0.717, 1.165) is 5.69 Å². The largest absolute Gasteiger partial charge is 0.395 e. The van der Waals surface area contributed by atoms with Crippen LogP contribution >= 0.6 is 11.8 Å². The molecule has 0 fully saturated rings. The first-order valence-electron chi connectivity index (χ1n) is 4.41. The van der Waals surface area contributed by atoms with E-state index in [1.165, 1.54) is 0 Å². The molecule has 1 unspecified atom stereocenters. The molecule has 0 aliphatic heterocycles. The van der Waals surface area contributed by atoms with E-state index in [9.17, 15) is 0 Å². The van der Waals surface area contributed by atoms with Gasteiger partial charge in [-0.25, -0.2) is 0 Å². The molecule has 13 heavy (non-hydrogen) atoms. The van der Waals surface area contributed by atoms with Gasteiger partial charge < -0.3 is 5.11 Å². The van der Waals surface area contributed by atoms with Crippen molar-refractivity contribution in [2.24, 2.45) is 0 Å². The lowest BCUT2D eigenvalue weighted by molar-refractivity contribution is 0.294. The zero-order valence-electron chi connectivity index (χ0n) is 7.97. The van der Waals surface area contributed by atoms with Gasteiger partial charge in [-0.15, -0.1) is 11.8 Å². The molecule has 0 aliphatic rings. The highest BCUT2D eigenvalue weighted by molar-refractivity contribution is 8.00. The molecule has 0 aliphatic carbocycles. The van der Waals surface area contributed by atoms with Crippen molar-refractivity contribution in [3.63, 3.8) is 0 Å². The number of hydrogen-bond donors (Lipinski definition) is 1. The van der Waals surface area contributed by atoms with Crippen molar-refractivity contribution in [3.05, 3.63) is 30.1 Å². The lowest BCUT2D eigenvalue weighted by Crippen LogP contribution is -2.05. The standard InChI is InChI=1S/C10H15NOS/c1-8(2)13-10(7-12)9-5-3-4-6-11-9/h3-6,8,10,12H,7H2,1-2H3. The van der Waals surface area contributed by atoms with Gasteiger partial charge in [-0.1, -0.05) is 19.9 Å². The maximum absolute atomic E-state index is 9.17. The van der Waals surface area contributed by atoms with Crippen LogP contribution < -0.4 is 0 Å². The summed E-state index contributed by atoms with van der Waals surface area (Å²) < 4.78 is 0. The Kier molecular flexibility index (Phi) is 4.25. The number of aromatic nitrogens is 1. The predicted octanol–water partition coefficient (Wildman–Crippen LogP) is 2.26. The Bertz CT molecular complexity index is 238. The fourth-order valence-corrected chi connectivity index (χ4v) is 2.12. The first kappa shape index (κ1) is 10.5. The summed E-state index contributed by atoms with van der Waals surface area (Å²) in [4.78, 5) is 4.22. The molecular formula is C10H15NOS. The van der Waals surface area contributed by atoms with E-state index in [2.05, 4.69) is 18.8 Å². The second-order valence-electron chi connectivity index (χ2n) is 3.11. The molecule has 0 saturated heterocycles. The quantitative estimate of drug-likeness (QED) is 0.803. The van der Waals surface area contributed by atoms with Gasteiger partial charge in [0, 0.05) is 6.20 Å². The normalized spacial score (nSPS) is 13.2. The fraction of sp³-hybridized carbons (Fsp3) is 0.500. The minimum Gasteiger partial charge on any atom is -0.395 e. The van der Waals surface area contributed by atoms with Crippen LogP contribution in [0.4, 0.5) is 0 Å². The summed E-state index contributed by atoms with van der Waals surface area (Å²) in [6.45, 7) is 4.40. The van der Waals surface area contributed by atoms with E-state index in [1.807, 2.05) is 18.2 Å². The van der Waals surface area contributed by atoms with Gasteiger partial charge in [-0.05, 0) is 17.4 Å². The molecule has 1 aromatic rings. The van der Waals surface area contributed by atoms with Crippen molar-refractivity contribution in [2.75, 3.05) is 6.61 Å². The molecule has 0 saturated carbocycles. The molecule has 0 bridgehead atoms. The minimum absolute atomic E-state index is 0.112. The molecule has 1 rings (SSSR count). The third kappa shape index (κ3) is 3.36. The summed E-state index contributed by atoms with van der Waals surface area (Å²) in [6, 6.07) is 5.79. The van der Waals surface area contributed by atoms with Gasteiger partial charge in [0.2, 0.25) is 0 Å². The van der Waals surface area contributed by atoms with Crippen LogP contribution in [0.25, 0.3) is 0 Å². The summed E-state index contributed by atoms with van der Waals surface area (Å²) in [7, 11) is 0.